The summed E-state index contributed by atoms with van der Waals surface area (Å²) in [6.45, 7) is 10.9. The van der Waals surface area contributed by atoms with E-state index >= 15 is 0 Å². The average Bonchev–Trinajstić information content (AvgIpc) is 2.66. The fourth-order valence-electron chi connectivity index (χ4n) is 4.55. The van der Waals surface area contributed by atoms with E-state index in [-0.39, 0.29) is 6.04 Å². The Morgan fingerprint density at radius 1 is 1.00 bits per heavy atom. The molecule has 2 nitrogen and oxygen atoms in total. The average molecular weight is 384 g/mol. The minimum atomic E-state index is 0.134. The molecule has 1 fully saturated rings. The lowest BCUT2D eigenvalue weighted by molar-refractivity contribution is -0.116. The number of hydrogen-bond donors (Lipinski definition) is 0. The highest BCUT2D eigenvalue weighted by atomic mass is 32.2. The third-order valence-corrected chi connectivity index (χ3v) is 7.24. The Morgan fingerprint density at radius 2 is 1.69 bits per heavy atom. The van der Waals surface area contributed by atoms with Gasteiger partial charge in [-0.2, -0.15) is 0 Å². The molecule has 1 saturated carbocycles. The molecule has 0 heterocycles. The van der Waals surface area contributed by atoms with Crippen LogP contribution in [0.4, 0.5) is 0 Å². The van der Waals surface area contributed by atoms with E-state index in [0.29, 0.717) is 11.0 Å². The zero-order valence-electron chi connectivity index (χ0n) is 18.1. The molecule has 0 aromatic carbocycles. The van der Waals surface area contributed by atoms with Crippen molar-refractivity contribution in [2.24, 2.45) is 11.8 Å². The van der Waals surface area contributed by atoms with Crippen LogP contribution < -0.4 is 0 Å². The van der Waals surface area contributed by atoms with Crippen LogP contribution >= 0.6 is 11.8 Å². The van der Waals surface area contributed by atoms with Gasteiger partial charge in [0.25, 0.3) is 0 Å². The Morgan fingerprint density at radius 3 is 2.27 bits per heavy atom. The van der Waals surface area contributed by atoms with Gasteiger partial charge in [0.05, 0.1) is 6.04 Å². The van der Waals surface area contributed by atoms with Gasteiger partial charge in [-0.3, -0.25) is 9.69 Å². The lowest BCUT2D eigenvalue weighted by atomic mass is 9.88. The second kappa shape index (κ2) is 15.0. The normalized spacial score (nSPS) is 18.2. The summed E-state index contributed by atoms with van der Waals surface area (Å²) < 4.78 is 0. The SMILES string of the molecule is CCCC[C@H](CCC)C[C@@H](C(=O)SCCC1CCCCC1)N(CC)CC. The molecule has 0 aromatic heterocycles. The predicted molar refractivity (Wildman–Crippen MR) is 118 cm³/mol. The molecule has 0 aliphatic heterocycles. The molecular formula is C23H45NOS. The second-order valence-corrected chi connectivity index (χ2v) is 9.33. The summed E-state index contributed by atoms with van der Waals surface area (Å²) in [4.78, 5) is 15.5. The van der Waals surface area contributed by atoms with Gasteiger partial charge in [0.1, 0.15) is 0 Å². The monoisotopic (exact) mass is 383 g/mol. The molecule has 0 spiro atoms. The van der Waals surface area contributed by atoms with E-state index in [9.17, 15) is 4.79 Å². The van der Waals surface area contributed by atoms with Crippen LogP contribution in [0.2, 0.25) is 0 Å². The summed E-state index contributed by atoms with van der Waals surface area (Å²) in [7, 11) is 0. The molecule has 2 atom stereocenters. The van der Waals surface area contributed by atoms with Crippen LogP contribution in [0.1, 0.15) is 105 Å². The number of hydrogen-bond acceptors (Lipinski definition) is 3. The maximum Gasteiger partial charge on any atom is 0.206 e. The van der Waals surface area contributed by atoms with Gasteiger partial charge in [0, 0.05) is 5.75 Å². The van der Waals surface area contributed by atoms with E-state index < -0.39 is 0 Å². The number of unbranched alkanes of at least 4 members (excludes halogenated alkanes) is 1. The first-order valence-electron chi connectivity index (χ1n) is 11.6. The van der Waals surface area contributed by atoms with Gasteiger partial charge in [0.15, 0.2) is 0 Å². The number of nitrogens with zero attached hydrogens (tertiary/aromatic N) is 1. The number of rotatable bonds is 14. The van der Waals surface area contributed by atoms with Gasteiger partial charge < -0.3 is 0 Å². The molecule has 0 N–H and O–H groups in total. The summed E-state index contributed by atoms with van der Waals surface area (Å²) in [6, 6.07) is 0.134. The lowest BCUT2D eigenvalue weighted by Gasteiger charge is -2.31. The summed E-state index contributed by atoms with van der Waals surface area (Å²) in [6.07, 6.45) is 15.7. The van der Waals surface area contributed by atoms with Crippen LogP contribution in [-0.2, 0) is 4.79 Å². The molecule has 0 amide bonds. The number of thioether (sulfide) groups is 1. The second-order valence-electron chi connectivity index (χ2n) is 8.23. The van der Waals surface area contributed by atoms with Crippen molar-refractivity contribution in [3.8, 4) is 0 Å². The lowest BCUT2D eigenvalue weighted by Crippen LogP contribution is -2.41. The molecule has 0 unspecified atom stereocenters. The topological polar surface area (TPSA) is 20.3 Å². The standard InChI is InChI=1S/C23H45NOS/c1-5-9-14-21(13-6-2)19-22(24(7-3)8-4)23(25)26-18-17-20-15-11-10-12-16-20/h20-22H,5-19H2,1-4H3/t21-,22-/m0/s1. The van der Waals surface area contributed by atoms with E-state index in [2.05, 4.69) is 32.6 Å². The van der Waals surface area contributed by atoms with Crippen LogP contribution in [0.3, 0.4) is 0 Å². The quantitative estimate of drug-likeness (QED) is 0.324. The highest BCUT2D eigenvalue weighted by molar-refractivity contribution is 8.13. The van der Waals surface area contributed by atoms with Crippen LogP contribution in [0, 0.1) is 11.8 Å². The summed E-state index contributed by atoms with van der Waals surface area (Å²) >= 11 is 1.64. The van der Waals surface area contributed by atoms with E-state index in [1.807, 2.05) is 0 Å². The predicted octanol–water partition coefficient (Wildman–Crippen LogP) is 6.92. The summed E-state index contributed by atoms with van der Waals surface area (Å²) in [5.41, 5.74) is 0. The highest BCUT2D eigenvalue weighted by Gasteiger charge is 2.27. The summed E-state index contributed by atoms with van der Waals surface area (Å²) in [5.74, 6) is 2.64. The molecule has 1 rings (SSSR count). The Labute approximate surface area is 168 Å². The minimum Gasteiger partial charge on any atom is -0.293 e. The summed E-state index contributed by atoms with van der Waals surface area (Å²) in [5, 5.41) is 0.446. The van der Waals surface area contributed by atoms with Gasteiger partial charge >= 0.3 is 0 Å². The fraction of sp³-hybridized carbons (Fsp3) is 0.957. The Bertz CT molecular complexity index is 350. The number of carbonyl (C=O) groups is 1. The van der Waals surface area contributed by atoms with Crippen molar-refractivity contribution in [2.75, 3.05) is 18.8 Å². The minimum absolute atomic E-state index is 0.134. The van der Waals surface area contributed by atoms with Crippen molar-refractivity contribution in [1.82, 2.24) is 4.90 Å². The van der Waals surface area contributed by atoms with E-state index in [4.69, 9.17) is 0 Å². The zero-order chi connectivity index (χ0) is 19.2. The van der Waals surface area contributed by atoms with Crippen LogP contribution in [0.15, 0.2) is 0 Å². The van der Waals surface area contributed by atoms with Crippen LogP contribution in [0.25, 0.3) is 0 Å². The maximum absolute atomic E-state index is 13.1. The van der Waals surface area contributed by atoms with Gasteiger partial charge in [-0.25, -0.2) is 0 Å². The Balaban J connectivity index is 2.57. The van der Waals surface area contributed by atoms with Crippen LogP contribution in [-0.4, -0.2) is 34.9 Å². The third-order valence-electron chi connectivity index (χ3n) is 6.24. The number of carbonyl (C=O) groups excluding carboxylic acids is 1. The first-order valence-corrected chi connectivity index (χ1v) is 12.5. The molecule has 0 saturated heterocycles. The van der Waals surface area contributed by atoms with E-state index in [1.54, 1.807) is 11.8 Å². The first kappa shape index (κ1) is 24.0. The van der Waals surface area contributed by atoms with Gasteiger partial charge in [-0.15, -0.1) is 0 Å². The number of likely N-dealkylation sites (N-methyl/N-ethyl adjacent to an activating group) is 1. The molecular weight excluding hydrogens is 338 g/mol. The van der Waals surface area contributed by atoms with E-state index in [0.717, 1.165) is 31.2 Å². The van der Waals surface area contributed by atoms with Crippen molar-refractivity contribution in [2.45, 2.75) is 111 Å². The molecule has 1 aliphatic carbocycles. The molecule has 0 bridgehead atoms. The largest absolute Gasteiger partial charge is 0.293 e. The van der Waals surface area contributed by atoms with Crippen molar-refractivity contribution < 1.29 is 4.79 Å². The highest BCUT2D eigenvalue weighted by Crippen LogP contribution is 2.29. The Kier molecular flexibility index (Phi) is 13.8. The van der Waals surface area contributed by atoms with Crippen molar-refractivity contribution in [3.05, 3.63) is 0 Å². The zero-order valence-corrected chi connectivity index (χ0v) is 18.9. The molecule has 3 heteroatoms. The van der Waals surface area contributed by atoms with Crippen molar-refractivity contribution in [1.29, 1.82) is 0 Å². The molecule has 0 radical (unpaired) electrons. The third kappa shape index (κ3) is 9.26. The smallest absolute Gasteiger partial charge is 0.206 e. The van der Waals surface area contributed by atoms with Crippen molar-refractivity contribution in [3.63, 3.8) is 0 Å². The molecule has 154 valence electrons. The van der Waals surface area contributed by atoms with Crippen molar-refractivity contribution >= 4 is 16.9 Å². The van der Waals surface area contributed by atoms with Gasteiger partial charge in [-0.1, -0.05) is 104 Å². The molecule has 0 aromatic rings. The van der Waals surface area contributed by atoms with Gasteiger partial charge in [0.2, 0.25) is 5.12 Å². The molecule has 26 heavy (non-hydrogen) atoms. The molecule has 1 aliphatic rings. The van der Waals surface area contributed by atoms with E-state index in [1.165, 1.54) is 70.6 Å². The first-order chi connectivity index (χ1) is 12.7. The fourth-order valence-corrected chi connectivity index (χ4v) is 5.64. The van der Waals surface area contributed by atoms with Gasteiger partial charge in [-0.05, 0) is 37.8 Å². The van der Waals surface area contributed by atoms with Crippen LogP contribution in [0.5, 0.6) is 0 Å². The maximum atomic E-state index is 13.1. The Hall–Kier alpha value is -0.0200.